The van der Waals surface area contributed by atoms with Gasteiger partial charge in [0.2, 0.25) is 0 Å². The summed E-state index contributed by atoms with van der Waals surface area (Å²) in [5.74, 6) is -0.246. The smallest absolute Gasteiger partial charge is 0.123 e. The SMILES string of the molecule is CCN(CC(O)c1cc(C)cc(C)c1)c1ccc(F)cc1. The third-order valence-corrected chi connectivity index (χ3v) is 3.60. The number of rotatable bonds is 5. The van der Waals surface area contributed by atoms with Crippen LogP contribution in [-0.4, -0.2) is 18.2 Å². The molecule has 3 heteroatoms. The highest BCUT2D eigenvalue weighted by Crippen LogP contribution is 2.21. The van der Waals surface area contributed by atoms with Crippen LogP contribution < -0.4 is 4.90 Å². The minimum atomic E-state index is -0.561. The van der Waals surface area contributed by atoms with Crippen LogP contribution in [-0.2, 0) is 0 Å². The van der Waals surface area contributed by atoms with E-state index in [1.165, 1.54) is 12.1 Å². The van der Waals surface area contributed by atoms with E-state index in [-0.39, 0.29) is 5.82 Å². The summed E-state index contributed by atoms with van der Waals surface area (Å²) < 4.78 is 13.0. The van der Waals surface area contributed by atoms with E-state index in [4.69, 9.17) is 0 Å². The van der Waals surface area contributed by atoms with Crippen molar-refractivity contribution in [2.24, 2.45) is 0 Å². The molecule has 1 atom stereocenters. The van der Waals surface area contributed by atoms with Gasteiger partial charge in [0.25, 0.3) is 0 Å². The molecule has 0 heterocycles. The van der Waals surface area contributed by atoms with Gasteiger partial charge >= 0.3 is 0 Å². The van der Waals surface area contributed by atoms with E-state index in [0.717, 1.165) is 28.9 Å². The normalized spacial score (nSPS) is 12.2. The van der Waals surface area contributed by atoms with Gasteiger partial charge in [-0.1, -0.05) is 29.3 Å². The first-order valence-corrected chi connectivity index (χ1v) is 7.26. The Bertz CT molecular complexity index is 574. The van der Waals surface area contributed by atoms with Crippen LogP contribution in [0.4, 0.5) is 10.1 Å². The first kappa shape index (κ1) is 15.5. The summed E-state index contributed by atoms with van der Waals surface area (Å²) in [7, 11) is 0. The molecule has 2 nitrogen and oxygen atoms in total. The second-order valence-corrected chi connectivity index (χ2v) is 5.45. The van der Waals surface area contributed by atoms with E-state index in [0.29, 0.717) is 6.54 Å². The molecule has 112 valence electrons. The molecule has 0 fully saturated rings. The summed E-state index contributed by atoms with van der Waals surface area (Å²) in [5.41, 5.74) is 4.14. The van der Waals surface area contributed by atoms with Gasteiger partial charge < -0.3 is 10.0 Å². The van der Waals surface area contributed by atoms with Crippen molar-refractivity contribution < 1.29 is 9.50 Å². The predicted octanol–water partition coefficient (Wildman–Crippen LogP) is 4.00. The number of hydrogen-bond donors (Lipinski definition) is 1. The Morgan fingerprint density at radius 3 is 2.14 bits per heavy atom. The van der Waals surface area contributed by atoms with E-state index in [9.17, 15) is 9.50 Å². The minimum Gasteiger partial charge on any atom is -0.387 e. The molecule has 0 aromatic heterocycles. The number of nitrogens with zero attached hydrogens (tertiary/aromatic N) is 1. The van der Waals surface area contributed by atoms with Crippen LogP contribution in [0, 0.1) is 19.7 Å². The van der Waals surface area contributed by atoms with Crippen molar-refractivity contribution in [3.8, 4) is 0 Å². The molecule has 2 rings (SSSR count). The summed E-state index contributed by atoms with van der Waals surface area (Å²) >= 11 is 0. The molecular weight excluding hydrogens is 265 g/mol. The van der Waals surface area contributed by atoms with Crippen LogP contribution in [0.3, 0.4) is 0 Å². The van der Waals surface area contributed by atoms with E-state index >= 15 is 0 Å². The van der Waals surface area contributed by atoms with Crippen molar-refractivity contribution >= 4 is 5.69 Å². The first-order valence-electron chi connectivity index (χ1n) is 7.26. The number of halogens is 1. The fraction of sp³-hybridized carbons (Fsp3) is 0.333. The second-order valence-electron chi connectivity index (χ2n) is 5.45. The third-order valence-electron chi connectivity index (χ3n) is 3.60. The molecule has 0 aliphatic rings. The number of aliphatic hydroxyl groups is 1. The predicted molar refractivity (Wildman–Crippen MR) is 85.2 cm³/mol. The van der Waals surface area contributed by atoms with E-state index in [2.05, 4.69) is 6.07 Å². The molecule has 1 N–H and O–H groups in total. The molecule has 0 radical (unpaired) electrons. The van der Waals surface area contributed by atoms with E-state index < -0.39 is 6.10 Å². The van der Waals surface area contributed by atoms with Crippen molar-refractivity contribution in [3.05, 3.63) is 65.0 Å². The summed E-state index contributed by atoms with van der Waals surface area (Å²) in [6, 6.07) is 12.5. The molecule has 2 aromatic rings. The van der Waals surface area contributed by atoms with Crippen LogP contribution in [0.1, 0.15) is 29.7 Å². The van der Waals surface area contributed by atoms with Crippen molar-refractivity contribution in [3.63, 3.8) is 0 Å². The fourth-order valence-corrected chi connectivity index (χ4v) is 2.59. The number of benzene rings is 2. The van der Waals surface area contributed by atoms with E-state index in [1.807, 2.05) is 37.8 Å². The molecule has 0 saturated heterocycles. The molecule has 0 saturated carbocycles. The molecule has 0 amide bonds. The molecule has 21 heavy (non-hydrogen) atoms. The average Bonchev–Trinajstić information content (AvgIpc) is 2.44. The Kier molecular flexibility index (Phi) is 4.97. The van der Waals surface area contributed by atoms with Crippen LogP contribution >= 0.6 is 0 Å². The zero-order valence-electron chi connectivity index (χ0n) is 12.8. The maximum atomic E-state index is 13.0. The van der Waals surface area contributed by atoms with Crippen LogP contribution in [0.25, 0.3) is 0 Å². The highest BCUT2D eigenvalue weighted by molar-refractivity contribution is 5.46. The molecule has 1 unspecified atom stereocenters. The highest BCUT2D eigenvalue weighted by Gasteiger charge is 2.14. The van der Waals surface area contributed by atoms with Gasteiger partial charge in [0, 0.05) is 18.8 Å². The van der Waals surface area contributed by atoms with Gasteiger partial charge in [0.05, 0.1) is 6.10 Å². The zero-order valence-corrected chi connectivity index (χ0v) is 12.8. The number of anilines is 1. The number of likely N-dealkylation sites (N-methyl/N-ethyl adjacent to an activating group) is 1. The maximum Gasteiger partial charge on any atom is 0.123 e. The van der Waals surface area contributed by atoms with Gasteiger partial charge in [0.15, 0.2) is 0 Å². The van der Waals surface area contributed by atoms with Gasteiger partial charge in [-0.3, -0.25) is 0 Å². The quantitative estimate of drug-likeness (QED) is 0.898. The molecule has 0 aliphatic carbocycles. The average molecular weight is 287 g/mol. The lowest BCUT2D eigenvalue weighted by molar-refractivity contribution is 0.183. The molecule has 0 aliphatic heterocycles. The first-order chi connectivity index (χ1) is 9.99. The van der Waals surface area contributed by atoms with Crippen LogP contribution in [0.5, 0.6) is 0 Å². The van der Waals surface area contributed by atoms with Crippen molar-refractivity contribution in [2.75, 3.05) is 18.0 Å². The lowest BCUT2D eigenvalue weighted by Gasteiger charge is -2.26. The summed E-state index contributed by atoms with van der Waals surface area (Å²) in [6.45, 7) is 7.33. The van der Waals surface area contributed by atoms with E-state index in [1.54, 1.807) is 12.1 Å². The lowest BCUT2D eigenvalue weighted by Crippen LogP contribution is -2.28. The Morgan fingerprint density at radius 1 is 1.05 bits per heavy atom. The third kappa shape index (κ3) is 4.05. The summed E-state index contributed by atoms with van der Waals surface area (Å²) in [5, 5.41) is 10.5. The van der Waals surface area contributed by atoms with Gasteiger partial charge in [-0.25, -0.2) is 4.39 Å². The van der Waals surface area contributed by atoms with Gasteiger partial charge in [0.1, 0.15) is 5.82 Å². The Balaban J connectivity index is 2.15. The Hall–Kier alpha value is -1.87. The van der Waals surface area contributed by atoms with Gasteiger partial charge in [-0.05, 0) is 50.6 Å². The molecular formula is C18H22FNO. The maximum absolute atomic E-state index is 13.0. The van der Waals surface area contributed by atoms with Crippen LogP contribution in [0.2, 0.25) is 0 Å². The Morgan fingerprint density at radius 2 is 1.62 bits per heavy atom. The number of aryl methyl sites for hydroxylation is 2. The monoisotopic (exact) mass is 287 g/mol. The lowest BCUT2D eigenvalue weighted by atomic mass is 10.0. The second kappa shape index (κ2) is 6.72. The van der Waals surface area contributed by atoms with Crippen molar-refractivity contribution in [1.82, 2.24) is 0 Å². The zero-order chi connectivity index (χ0) is 15.4. The topological polar surface area (TPSA) is 23.5 Å². The number of hydrogen-bond acceptors (Lipinski definition) is 2. The molecule has 0 spiro atoms. The van der Waals surface area contributed by atoms with Gasteiger partial charge in [-0.2, -0.15) is 0 Å². The highest BCUT2D eigenvalue weighted by atomic mass is 19.1. The molecule has 2 aromatic carbocycles. The standard InChI is InChI=1S/C18H22FNO/c1-4-20(17-7-5-16(19)6-8-17)12-18(21)15-10-13(2)9-14(3)11-15/h5-11,18,21H,4,12H2,1-3H3. The minimum absolute atomic E-state index is 0.246. The summed E-state index contributed by atoms with van der Waals surface area (Å²) in [6.07, 6.45) is -0.561. The fourth-order valence-electron chi connectivity index (χ4n) is 2.59. The van der Waals surface area contributed by atoms with Gasteiger partial charge in [-0.15, -0.1) is 0 Å². The molecule has 0 bridgehead atoms. The number of aliphatic hydroxyl groups excluding tert-OH is 1. The van der Waals surface area contributed by atoms with Crippen molar-refractivity contribution in [2.45, 2.75) is 26.9 Å². The largest absolute Gasteiger partial charge is 0.387 e. The van der Waals surface area contributed by atoms with Crippen LogP contribution in [0.15, 0.2) is 42.5 Å². The summed E-state index contributed by atoms with van der Waals surface area (Å²) in [4.78, 5) is 2.04. The Labute approximate surface area is 125 Å². The van der Waals surface area contributed by atoms with Crippen molar-refractivity contribution in [1.29, 1.82) is 0 Å².